The van der Waals surface area contributed by atoms with Crippen molar-refractivity contribution < 1.29 is 19.1 Å². The van der Waals surface area contributed by atoms with Gasteiger partial charge in [-0.3, -0.25) is 9.59 Å². The average molecular weight is 257 g/mol. The van der Waals surface area contributed by atoms with Gasteiger partial charge in [-0.15, -0.1) is 0 Å². The van der Waals surface area contributed by atoms with Crippen molar-refractivity contribution in [2.45, 2.75) is 60.3 Å². The van der Waals surface area contributed by atoms with Crippen LogP contribution in [0.3, 0.4) is 0 Å². The molecule has 4 heteroatoms. The summed E-state index contributed by atoms with van der Waals surface area (Å²) in [5, 5.41) is 0. The lowest BCUT2D eigenvalue weighted by Gasteiger charge is -2.18. The molecule has 0 aliphatic heterocycles. The van der Waals surface area contributed by atoms with Crippen molar-refractivity contribution in [3.05, 3.63) is 6.10 Å². The van der Waals surface area contributed by atoms with Crippen molar-refractivity contribution in [1.29, 1.82) is 0 Å². The van der Waals surface area contributed by atoms with Crippen LogP contribution in [-0.4, -0.2) is 18.5 Å². The Morgan fingerprint density at radius 1 is 1.11 bits per heavy atom. The highest BCUT2D eigenvalue weighted by Crippen LogP contribution is 2.19. The zero-order chi connectivity index (χ0) is 14.2. The van der Waals surface area contributed by atoms with Crippen LogP contribution in [0, 0.1) is 11.5 Å². The summed E-state index contributed by atoms with van der Waals surface area (Å²) in [5.41, 5.74) is -0.466. The van der Waals surface area contributed by atoms with Crippen LogP contribution in [0.2, 0.25) is 0 Å². The lowest BCUT2D eigenvalue weighted by Crippen LogP contribution is -2.23. The van der Waals surface area contributed by atoms with Gasteiger partial charge in [0.25, 0.3) is 0 Å². The number of carbonyl (C=O) groups is 2. The van der Waals surface area contributed by atoms with Crippen LogP contribution in [0.5, 0.6) is 0 Å². The van der Waals surface area contributed by atoms with Gasteiger partial charge >= 0.3 is 11.9 Å². The average Bonchev–Trinajstić information content (AvgIpc) is 2.21. The maximum atomic E-state index is 11.5. The van der Waals surface area contributed by atoms with Gasteiger partial charge in [0, 0.05) is 6.92 Å². The molecular weight excluding hydrogens is 232 g/mol. The standard InChI is InChI=1S/C14H25O4/c1-6-8-12(18-11(2)15)9-7-10-17-13(16)14(3,4)5/h6-10H2,1-5H3. The monoisotopic (exact) mass is 257 g/mol. The van der Waals surface area contributed by atoms with Gasteiger partial charge in [0.05, 0.1) is 12.0 Å². The van der Waals surface area contributed by atoms with E-state index in [1.807, 2.05) is 27.7 Å². The molecule has 18 heavy (non-hydrogen) atoms. The first-order valence-electron chi connectivity index (χ1n) is 6.47. The Hall–Kier alpha value is -1.06. The smallest absolute Gasteiger partial charge is 0.311 e. The second-order valence-corrected chi connectivity index (χ2v) is 5.37. The van der Waals surface area contributed by atoms with Crippen LogP contribution in [0.15, 0.2) is 0 Å². The van der Waals surface area contributed by atoms with Crippen LogP contribution in [0.4, 0.5) is 0 Å². The highest BCUT2D eigenvalue weighted by molar-refractivity contribution is 5.75. The van der Waals surface area contributed by atoms with Crippen molar-refractivity contribution in [2.24, 2.45) is 5.41 Å². The third kappa shape index (κ3) is 8.09. The molecule has 1 radical (unpaired) electrons. The van der Waals surface area contributed by atoms with Gasteiger partial charge in [-0.2, -0.15) is 0 Å². The maximum Gasteiger partial charge on any atom is 0.311 e. The molecule has 0 aromatic carbocycles. The molecule has 105 valence electrons. The molecule has 0 unspecified atom stereocenters. The first-order valence-corrected chi connectivity index (χ1v) is 6.47. The second-order valence-electron chi connectivity index (χ2n) is 5.37. The van der Waals surface area contributed by atoms with Crippen LogP contribution < -0.4 is 0 Å². The molecule has 4 nitrogen and oxygen atoms in total. The number of rotatable bonds is 7. The Labute approximate surface area is 110 Å². The van der Waals surface area contributed by atoms with E-state index in [0.29, 0.717) is 19.4 Å². The largest absolute Gasteiger partial charge is 0.465 e. The fourth-order valence-electron chi connectivity index (χ4n) is 1.36. The fourth-order valence-corrected chi connectivity index (χ4v) is 1.36. The molecule has 0 saturated carbocycles. The first-order chi connectivity index (χ1) is 8.27. The minimum atomic E-state index is -0.466. The summed E-state index contributed by atoms with van der Waals surface area (Å²) in [5.74, 6) is -0.489. The zero-order valence-corrected chi connectivity index (χ0v) is 12.2. The van der Waals surface area contributed by atoms with Crippen molar-refractivity contribution in [3.63, 3.8) is 0 Å². The van der Waals surface area contributed by atoms with E-state index in [2.05, 4.69) is 0 Å². The minimum Gasteiger partial charge on any atom is -0.465 e. The minimum absolute atomic E-state index is 0.202. The fraction of sp³-hybridized carbons (Fsp3) is 0.786. The number of esters is 2. The summed E-state index contributed by atoms with van der Waals surface area (Å²) in [6.45, 7) is 9.26. The highest BCUT2D eigenvalue weighted by atomic mass is 16.5. The van der Waals surface area contributed by atoms with Crippen LogP contribution in [-0.2, 0) is 19.1 Å². The molecule has 0 N–H and O–H groups in total. The Balaban J connectivity index is 3.86. The van der Waals surface area contributed by atoms with Crippen LogP contribution in [0.25, 0.3) is 0 Å². The third-order valence-electron chi connectivity index (χ3n) is 2.26. The molecule has 0 fully saturated rings. The lowest BCUT2D eigenvalue weighted by atomic mass is 9.97. The number of hydrogen-bond donors (Lipinski definition) is 0. The molecule has 0 saturated heterocycles. The molecule has 0 aliphatic carbocycles. The van der Waals surface area contributed by atoms with Crippen molar-refractivity contribution in [3.8, 4) is 0 Å². The van der Waals surface area contributed by atoms with Gasteiger partial charge < -0.3 is 9.47 Å². The van der Waals surface area contributed by atoms with E-state index < -0.39 is 5.41 Å². The second kappa shape index (κ2) is 8.11. The summed E-state index contributed by atoms with van der Waals surface area (Å²) < 4.78 is 10.2. The molecule has 0 spiro atoms. The maximum absolute atomic E-state index is 11.5. The van der Waals surface area contributed by atoms with Crippen LogP contribution >= 0.6 is 0 Å². The summed E-state index contributed by atoms with van der Waals surface area (Å²) in [4.78, 5) is 22.4. The Morgan fingerprint density at radius 3 is 2.17 bits per heavy atom. The summed E-state index contributed by atoms with van der Waals surface area (Å²) in [6, 6.07) is 0. The van der Waals surface area contributed by atoms with E-state index in [1.54, 1.807) is 0 Å². The van der Waals surface area contributed by atoms with E-state index in [0.717, 1.165) is 18.9 Å². The molecular formula is C14H25O4. The van der Waals surface area contributed by atoms with Crippen molar-refractivity contribution >= 4 is 11.9 Å². The Morgan fingerprint density at radius 2 is 1.72 bits per heavy atom. The number of hydrogen-bond acceptors (Lipinski definition) is 4. The first kappa shape index (κ1) is 16.9. The predicted molar refractivity (Wildman–Crippen MR) is 69.6 cm³/mol. The van der Waals surface area contributed by atoms with Crippen molar-refractivity contribution in [2.75, 3.05) is 6.61 Å². The SMILES string of the molecule is CCC[C](CCCOC(=O)C(C)(C)C)OC(C)=O. The molecule has 0 bridgehead atoms. The van der Waals surface area contributed by atoms with Crippen LogP contribution in [0.1, 0.15) is 60.3 Å². The normalized spacial score (nSPS) is 11.4. The molecule has 0 rings (SSSR count). The van der Waals surface area contributed by atoms with Gasteiger partial charge in [0.15, 0.2) is 6.10 Å². The summed E-state index contributed by atoms with van der Waals surface area (Å²) >= 11 is 0. The van der Waals surface area contributed by atoms with Gasteiger partial charge in [0.1, 0.15) is 0 Å². The topological polar surface area (TPSA) is 52.6 Å². The molecule has 0 heterocycles. The molecule has 0 aromatic heterocycles. The molecule has 0 aromatic rings. The third-order valence-corrected chi connectivity index (χ3v) is 2.26. The highest BCUT2D eigenvalue weighted by Gasteiger charge is 2.23. The van der Waals surface area contributed by atoms with Gasteiger partial charge in [-0.25, -0.2) is 0 Å². The van der Waals surface area contributed by atoms with E-state index in [4.69, 9.17) is 9.47 Å². The summed E-state index contributed by atoms with van der Waals surface area (Å²) in [6.07, 6.45) is 3.82. The Bertz CT molecular complexity index is 265. The molecule has 0 amide bonds. The van der Waals surface area contributed by atoms with Gasteiger partial charge in [0.2, 0.25) is 0 Å². The van der Waals surface area contributed by atoms with E-state index >= 15 is 0 Å². The van der Waals surface area contributed by atoms with Gasteiger partial charge in [-0.05, 0) is 40.0 Å². The van der Waals surface area contributed by atoms with Gasteiger partial charge in [-0.1, -0.05) is 13.3 Å². The Kier molecular flexibility index (Phi) is 7.64. The van der Waals surface area contributed by atoms with E-state index in [-0.39, 0.29) is 11.9 Å². The molecule has 0 atom stereocenters. The number of ether oxygens (including phenoxy) is 2. The summed E-state index contributed by atoms with van der Waals surface area (Å²) in [7, 11) is 0. The number of carbonyl (C=O) groups excluding carboxylic acids is 2. The van der Waals surface area contributed by atoms with E-state index in [1.165, 1.54) is 6.92 Å². The zero-order valence-electron chi connectivity index (χ0n) is 12.2. The predicted octanol–water partition coefficient (Wildman–Crippen LogP) is 3.25. The quantitative estimate of drug-likeness (QED) is 0.519. The lowest BCUT2D eigenvalue weighted by molar-refractivity contribution is -0.153. The van der Waals surface area contributed by atoms with E-state index in [9.17, 15) is 9.59 Å². The molecule has 0 aliphatic rings. The van der Waals surface area contributed by atoms with Crippen molar-refractivity contribution in [1.82, 2.24) is 0 Å².